The molecule has 3 rings (SSSR count). The van der Waals surface area contributed by atoms with Crippen LogP contribution in [-0.2, 0) is 6.42 Å². The fourth-order valence-electron chi connectivity index (χ4n) is 2.91. The molecule has 6 heteroatoms. The van der Waals surface area contributed by atoms with Gasteiger partial charge in [0.2, 0.25) is 0 Å². The Morgan fingerprint density at radius 1 is 1.07 bits per heavy atom. The molecule has 27 heavy (non-hydrogen) atoms. The Balaban J connectivity index is 1.60. The summed E-state index contributed by atoms with van der Waals surface area (Å²) in [6.45, 7) is 5.93. The Morgan fingerprint density at radius 3 is 2.41 bits per heavy atom. The molecule has 0 saturated heterocycles. The highest BCUT2D eigenvalue weighted by atomic mass is 32.1. The van der Waals surface area contributed by atoms with Gasteiger partial charge in [-0.3, -0.25) is 15.2 Å². The fraction of sp³-hybridized carbons (Fsp3) is 0.190. The molecule has 1 amide bonds. The maximum Gasteiger partial charge on any atom is 0.257 e. The van der Waals surface area contributed by atoms with Crippen molar-refractivity contribution in [3.05, 3.63) is 82.2 Å². The summed E-state index contributed by atoms with van der Waals surface area (Å²) in [4.78, 5) is 12.3. The number of aromatic nitrogens is 2. The summed E-state index contributed by atoms with van der Waals surface area (Å²) in [6, 6.07) is 15.4. The molecule has 0 atom stereocenters. The van der Waals surface area contributed by atoms with Crippen LogP contribution in [0.5, 0.6) is 0 Å². The van der Waals surface area contributed by atoms with E-state index >= 15 is 0 Å². The number of aryl methyl sites for hydroxylation is 3. The SMILES string of the molecule is Cc1ccccc1C(=O)NC(=S)Nc1ccc(Cc2c(C)n[nH]c2C)cc1. The van der Waals surface area contributed by atoms with Crippen LogP contribution in [0.15, 0.2) is 48.5 Å². The molecule has 1 heterocycles. The number of H-pyrrole nitrogens is 1. The molecule has 0 aliphatic carbocycles. The van der Waals surface area contributed by atoms with Gasteiger partial charge < -0.3 is 5.32 Å². The number of rotatable bonds is 4. The zero-order valence-electron chi connectivity index (χ0n) is 15.6. The summed E-state index contributed by atoms with van der Waals surface area (Å²) in [6.07, 6.45) is 0.822. The van der Waals surface area contributed by atoms with E-state index in [1.165, 1.54) is 11.1 Å². The summed E-state index contributed by atoms with van der Waals surface area (Å²) >= 11 is 5.26. The molecule has 0 radical (unpaired) electrons. The number of carbonyl (C=O) groups excluding carboxylic acids is 1. The van der Waals surface area contributed by atoms with E-state index in [4.69, 9.17) is 12.2 Å². The summed E-state index contributed by atoms with van der Waals surface area (Å²) in [5.41, 5.74) is 6.87. The molecule has 0 fully saturated rings. The Labute approximate surface area is 164 Å². The highest BCUT2D eigenvalue weighted by Crippen LogP contribution is 2.17. The lowest BCUT2D eigenvalue weighted by molar-refractivity contribution is 0.0977. The summed E-state index contributed by atoms with van der Waals surface area (Å²) in [7, 11) is 0. The van der Waals surface area contributed by atoms with Gasteiger partial charge in [0.15, 0.2) is 5.11 Å². The molecule has 1 aromatic heterocycles. The van der Waals surface area contributed by atoms with Crippen molar-refractivity contribution in [2.75, 3.05) is 5.32 Å². The molecule has 5 nitrogen and oxygen atoms in total. The molecular formula is C21H22N4OS. The topological polar surface area (TPSA) is 69.8 Å². The van der Waals surface area contributed by atoms with E-state index < -0.39 is 0 Å². The minimum absolute atomic E-state index is 0.215. The van der Waals surface area contributed by atoms with E-state index in [0.29, 0.717) is 5.56 Å². The molecular weight excluding hydrogens is 356 g/mol. The van der Waals surface area contributed by atoms with Crippen LogP contribution < -0.4 is 10.6 Å². The summed E-state index contributed by atoms with van der Waals surface area (Å²) in [5.74, 6) is -0.215. The predicted octanol–water partition coefficient (Wildman–Crippen LogP) is 4.05. The first-order valence-corrected chi connectivity index (χ1v) is 9.12. The lowest BCUT2D eigenvalue weighted by atomic mass is 10.0. The molecule has 0 spiro atoms. The molecule has 3 aromatic rings. The van der Waals surface area contributed by atoms with Crippen molar-refractivity contribution in [1.29, 1.82) is 0 Å². The van der Waals surface area contributed by atoms with Gasteiger partial charge >= 0.3 is 0 Å². The highest BCUT2D eigenvalue weighted by Gasteiger charge is 2.10. The van der Waals surface area contributed by atoms with Crippen molar-refractivity contribution in [2.45, 2.75) is 27.2 Å². The Hall–Kier alpha value is -2.99. The summed E-state index contributed by atoms with van der Waals surface area (Å²) < 4.78 is 0. The van der Waals surface area contributed by atoms with Crippen LogP contribution in [0, 0.1) is 20.8 Å². The number of anilines is 1. The molecule has 0 unspecified atom stereocenters. The van der Waals surface area contributed by atoms with Gasteiger partial charge in [0.05, 0.1) is 5.69 Å². The van der Waals surface area contributed by atoms with Crippen molar-refractivity contribution in [2.24, 2.45) is 0 Å². The Bertz CT molecular complexity index is 957. The molecule has 0 aliphatic rings. The number of thiocarbonyl (C=S) groups is 1. The van der Waals surface area contributed by atoms with Gasteiger partial charge in [-0.1, -0.05) is 30.3 Å². The summed E-state index contributed by atoms with van der Waals surface area (Å²) in [5, 5.41) is 13.3. The number of nitrogens with zero attached hydrogens (tertiary/aromatic N) is 1. The maximum absolute atomic E-state index is 12.3. The number of benzene rings is 2. The van der Waals surface area contributed by atoms with Gasteiger partial charge in [-0.15, -0.1) is 0 Å². The number of hydrogen-bond donors (Lipinski definition) is 3. The first-order valence-electron chi connectivity index (χ1n) is 8.71. The van der Waals surface area contributed by atoms with Crippen LogP contribution in [0.3, 0.4) is 0 Å². The standard InChI is InChI=1S/C21H22N4OS/c1-13-6-4-5-7-18(13)20(26)23-21(27)22-17-10-8-16(9-11-17)12-19-14(2)24-25-15(19)3/h4-11H,12H2,1-3H3,(H,24,25)(H2,22,23,26,27). The van der Waals surface area contributed by atoms with E-state index in [2.05, 4.69) is 20.8 Å². The van der Waals surface area contributed by atoms with Gasteiger partial charge in [-0.25, -0.2) is 0 Å². The second-order valence-electron chi connectivity index (χ2n) is 6.51. The molecule has 0 bridgehead atoms. The molecule has 0 aliphatic heterocycles. The zero-order chi connectivity index (χ0) is 19.4. The highest BCUT2D eigenvalue weighted by molar-refractivity contribution is 7.80. The number of nitrogens with one attached hydrogen (secondary N) is 3. The number of amides is 1. The second-order valence-corrected chi connectivity index (χ2v) is 6.92. The lowest BCUT2D eigenvalue weighted by Crippen LogP contribution is -2.34. The minimum atomic E-state index is -0.215. The predicted molar refractivity (Wildman–Crippen MR) is 112 cm³/mol. The Morgan fingerprint density at radius 2 is 1.78 bits per heavy atom. The third-order valence-corrected chi connectivity index (χ3v) is 4.69. The van der Waals surface area contributed by atoms with Crippen LogP contribution in [0.1, 0.15) is 38.4 Å². The lowest BCUT2D eigenvalue weighted by Gasteiger charge is -2.11. The number of aromatic amines is 1. The van der Waals surface area contributed by atoms with Gasteiger partial charge in [0.25, 0.3) is 5.91 Å². The van der Waals surface area contributed by atoms with Crippen LogP contribution in [0.2, 0.25) is 0 Å². The zero-order valence-corrected chi connectivity index (χ0v) is 16.4. The van der Waals surface area contributed by atoms with Crippen LogP contribution >= 0.6 is 12.2 Å². The van der Waals surface area contributed by atoms with Gasteiger partial charge in [0, 0.05) is 28.9 Å². The van der Waals surface area contributed by atoms with Crippen LogP contribution in [-0.4, -0.2) is 21.2 Å². The number of carbonyl (C=O) groups is 1. The van der Waals surface area contributed by atoms with Crippen molar-refractivity contribution < 1.29 is 4.79 Å². The van der Waals surface area contributed by atoms with Gasteiger partial charge in [-0.05, 0) is 62.3 Å². The van der Waals surface area contributed by atoms with E-state index in [1.807, 2.05) is 63.2 Å². The van der Waals surface area contributed by atoms with E-state index in [9.17, 15) is 4.79 Å². The largest absolute Gasteiger partial charge is 0.332 e. The normalized spacial score (nSPS) is 10.5. The van der Waals surface area contributed by atoms with E-state index in [0.717, 1.165) is 29.1 Å². The Kier molecular flexibility index (Phi) is 5.66. The second kappa shape index (κ2) is 8.14. The van der Waals surface area contributed by atoms with Crippen LogP contribution in [0.4, 0.5) is 5.69 Å². The smallest absolute Gasteiger partial charge is 0.257 e. The van der Waals surface area contributed by atoms with Crippen molar-refractivity contribution in [3.63, 3.8) is 0 Å². The number of hydrogen-bond acceptors (Lipinski definition) is 3. The van der Waals surface area contributed by atoms with Gasteiger partial charge in [0.1, 0.15) is 0 Å². The average Bonchev–Trinajstić information content (AvgIpc) is 2.95. The molecule has 2 aromatic carbocycles. The first kappa shape index (κ1) is 18.8. The van der Waals surface area contributed by atoms with E-state index in [1.54, 1.807) is 6.07 Å². The minimum Gasteiger partial charge on any atom is -0.332 e. The first-order chi connectivity index (χ1) is 12.9. The van der Waals surface area contributed by atoms with Crippen molar-refractivity contribution in [1.82, 2.24) is 15.5 Å². The van der Waals surface area contributed by atoms with Crippen molar-refractivity contribution >= 4 is 28.9 Å². The molecule has 0 saturated carbocycles. The van der Waals surface area contributed by atoms with Crippen LogP contribution in [0.25, 0.3) is 0 Å². The third kappa shape index (κ3) is 4.60. The van der Waals surface area contributed by atoms with Crippen molar-refractivity contribution in [3.8, 4) is 0 Å². The molecule has 138 valence electrons. The molecule has 3 N–H and O–H groups in total. The monoisotopic (exact) mass is 378 g/mol. The van der Waals surface area contributed by atoms with Gasteiger partial charge in [-0.2, -0.15) is 5.10 Å². The maximum atomic E-state index is 12.3. The fourth-order valence-corrected chi connectivity index (χ4v) is 3.12. The quantitative estimate of drug-likeness (QED) is 0.599. The third-order valence-electron chi connectivity index (χ3n) is 4.49. The average molecular weight is 379 g/mol. The van der Waals surface area contributed by atoms with E-state index in [-0.39, 0.29) is 11.0 Å².